The van der Waals surface area contributed by atoms with Crippen molar-refractivity contribution in [2.24, 2.45) is 0 Å². The van der Waals surface area contributed by atoms with E-state index in [2.05, 4.69) is 39.2 Å². The topological polar surface area (TPSA) is 0 Å². The van der Waals surface area contributed by atoms with Crippen LogP contribution in [0.15, 0.2) is 30.9 Å². The molecule has 0 aliphatic heterocycles. The molecule has 0 spiro atoms. The van der Waals surface area contributed by atoms with E-state index >= 15 is 0 Å². The molecule has 84 valence electrons. The smallest absolute Gasteiger partial charge is 0.138 e. The monoisotopic (exact) mass is 216 g/mol. The normalized spacial score (nSPS) is 10.5. The summed E-state index contributed by atoms with van der Waals surface area (Å²) in [5, 5.41) is 0. The standard InChI is InChI=1S/C15H17F/c1-5-6-7-8-12-11-13(15(2,3)4)9-10-14(12)16/h5,9-11H,1,6H2,2-4H3. The largest absolute Gasteiger partial charge is 0.206 e. The van der Waals surface area contributed by atoms with Crippen molar-refractivity contribution >= 4 is 0 Å². The first-order valence-electron chi connectivity index (χ1n) is 5.35. The first-order valence-corrected chi connectivity index (χ1v) is 5.35. The number of halogens is 1. The van der Waals surface area contributed by atoms with E-state index in [-0.39, 0.29) is 11.2 Å². The Hall–Kier alpha value is -1.55. The molecule has 1 rings (SSSR count). The molecule has 0 atom stereocenters. The summed E-state index contributed by atoms with van der Waals surface area (Å²) in [5.41, 5.74) is 1.58. The molecule has 0 nitrogen and oxygen atoms in total. The molecular formula is C15H17F. The van der Waals surface area contributed by atoms with Gasteiger partial charge in [0.25, 0.3) is 0 Å². The third kappa shape index (κ3) is 3.24. The van der Waals surface area contributed by atoms with Crippen LogP contribution >= 0.6 is 0 Å². The summed E-state index contributed by atoms with van der Waals surface area (Å²) >= 11 is 0. The van der Waals surface area contributed by atoms with Crippen LogP contribution in [0.3, 0.4) is 0 Å². The zero-order valence-electron chi connectivity index (χ0n) is 10.1. The number of benzene rings is 1. The van der Waals surface area contributed by atoms with Crippen LogP contribution in [0, 0.1) is 17.7 Å². The Kier molecular flexibility index (Phi) is 3.90. The predicted octanol–water partition coefficient (Wildman–Crippen LogP) is 4.05. The second-order valence-corrected chi connectivity index (χ2v) is 4.74. The van der Waals surface area contributed by atoms with Gasteiger partial charge in [-0.25, -0.2) is 4.39 Å². The van der Waals surface area contributed by atoms with E-state index in [4.69, 9.17) is 0 Å². The summed E-state index contributed by atoms with van der Waals surface area (Å²) in [6.45, 7) is 9.87. The predicted molar refractivity (Wildman–Crippen MR) is 66.8 cm³/mol. The Morgan fingerprint density at radius 3 is 2.62 bits per heavy atom. The van der Waals surface area contributed by atoms with Crippen LogP contribution in [0.2, 0.25) is 0 Å². The van der Waals surface area contributed by atoms with E-state index in [0.29, 0.717) is 12.0 Å². The van der Waals surface area contributed by atoms with Crippen molar-refractivity contribution < 1.29 is 4.39 Å². The number of rotatable bonds is 1. The van der Waals surface area contributed by atoms with Crippen molar-refractivity contribution in [3.8, 4) is 11.8 Å². The molecule has 16 heavy (non-hydrogen) atoms. The van der Waals surface area contributed by atoms with Gasteiger partial charge in [0, 0.05) is 6.42 Å². The maximum Gasteiger partial charge on any atom is 0.138 e. The molecule has 0 heterocycles. The van der Waals surface area contributed by atoms with Gasteiger partial charge in [-0.2, -0.15) is 0 Å². The van der Waals surface area contributed by atoms with Crippen LogP contribution in [-0.2, 0) is 5.41 Å². The van der Waals surface area contributed by atoms with Gasteiger partial charge in [0.15, 0.2) is 0 Å². The lowest BCUT2D eigenvalue weighted by molar-refractivity contribution is 0.581. The van der Waals surface area contributed by atoms with E-state index in [0.717, 1.165) is 5.56 Å². The fraction of sp³-hybridized carbons (Fsp3) is 0.333. The van der Waals surface area contributed by atoms with E-state index in [1.54, 1.807) is 6.08 Å². The van der Waals surface area contributed by atoms with Gasteiger partial charge >= 0.3 is 0 Å². The van der Waals surface area contributed by atoms with Crippen LogP contribution in [0.5, 0.6) is 0 Å². The minimum atomic E-state index is -0.260. The van der Waals surface area contributed by atoms with Gasteiger partial charge in [-0.1, -0.05) is 44.8 Å². The number of hydrogen-bond acceptors (Lipinski definition) is 0. The van der Waals surface area contributed by atoms with Gasteiger partial charge in [0.05, 0.1) is 5.56 Å². The fourth-order valence-electron chi connectivity index (χ4n) is 1.31. The third-order valence-corrected chi connectivity index (χ3v) is 2.30. The maximum absolute atomic E-state index is 13.5. The summed E-state index contributed by atoms with van der Waals surface area (Å²) in [5.74, 6) is 5.43. The SMILES string of the molecule is C=CCC#Cc1cc(C(C)(C)C)ccc1F. The van der Waals surface area contributed by atoms with Gasteiger partial charge in [-0.05, 0) is 23.1 Å². The van der Waals surface area contributed by atoms with Crippen molar-refractivity contribution in [3.63, 3.8) is 0 Å². The molecule has 0 saturated carbocycles. The Morgan fingerprint density at radius 2 is 2.06 bits per heavy atom. The Balaban J connectivity index is 3.10. The Bertz CT molecular complexity index is 439. The van der Waals surface area contributed by atoms with Crippen molar-refractivity contribution in [1.82, 2.24) is 0 Å². The molecule has 0 aliphatic carbocycles. The molecular weight excluding hydrogens is 199 g/mol. The van der Waals surface area contributed by atoms with Crippen molar-refractivity contribution in [2.45, 2.75) is 32.6 Å². The number of allylic oxidation sites excluding steroid dienone is 1. The first kappa shape index (κ1) is 12.5. The molecule has 0 aromatic heterocycles. The van der Waals surface area contributed by atoms with Gasteiger partial charge in [-0.3, -0.25) is 0 Å². The molecule has 0 amide bonds. The zero-order valence-corrected chi connectivity index (χ0v) is 10.1. The molecule has 0 saturated heterocycles. The molecule has 0 bridgehead atoms. The highest BCUT2D eigenvalue weighted by Gasteiger charge is 2.14. The highest BCUT2D eigenvalue weighted by atomic mass is 19.1. The number of hydrogen-bond donors (Lipinski definition) is 0. The third-order valence-electron chi connectivity index (χ3n) is 2.30. The van der Waals surface area contributed by atoms with E-state index < -0.39 is 0 Å². The summed E-state index contributed by atoms with van der Waals surface area (Å²) in [4.78, 5) is 0. The fourth-order valence-corrected chi connectivity index (χ4v) is 1.31. The molecule has 1 heteroatoms. The maximum atomic E-state index is 13.5. The lowest BCUT2D eigenvalue weighted by atomic mass is 9.86. The second-order valence-electron chi connectivity index (χ2n) is 4.74. The molecule has 0 fully saturated rings. The lowest BCUT2D eigenvalue weighted by Gasteiger charge is -2.19. The molecule has 0 N–H and O–H groups in total. The summed E-state index contributed by atoms with van der Waals surface area (Å²) in [7, 11) is 0. The molecule has 0 radical (unpaired) electrons. The van der Waals surface area contributed by atoms with Gasteiger partial charge in [-0.15, -0.1) is 6.58 Å². The van der Waals surface area contributed by atoms with Crippen LogP contribution in [-0.4, -0.2) is 0 Å². The van der Waals surface area contributed by atoms with Gasteiger partial charge in [0.2, 0.25) is 0 Å². The van der Waals surface area contributed by atoms with Crippen LogP contribution in [0.4, 0.5) is 4.39 Å². The minimum absolute atomic E-state index is 0.0164. The van der Waals surface area contributed by atoms with Crippen molar-refractivity contribution in [3.05, 3.63) is 47.8 Å². The van der Waals surface area contributed by atoms with E-state index in [1.807, 2.05) is 12.1 Å². The zero-order chi connectivity index (χ0) is 12.2. The average Bonchev–Trinajstić information content (AvgIpc) is 2.19. The van der Waals surface area contributed by atoms with Crippen molar-refractivity contribution in [1.29, 1.82) is 0 Å². The van der Waals surface area contributed by atoms with E-state index in [9.17, 15) is 4.39 Å². The summed E-state index contributed by atoms with van der Waals surface area (Å²) in [6.07, 6.45) is 2.29. The van der Waals surface area contributed by atoms with Crippen LogP contribution < -0.4 is 0 Å². The highest BCUT2D eigenvalue weighted by molar-refractivity contribution is 5.40. The molecule has 1 aromatic rings. The Labute approximate surface area is 97.2 Å². The van der Waals surface area contributed by atoms with Crippen LogP contribution in [0.1, 0.15) is 38.3 Å². The van der Waals surface area contributed by atoms with Crippen molar-refractivity contribution in [2.75, 3.05) is 0 Å². The molecule has 0 aliphatic rings. The minimum Gasteiger partial charge on any atom is -0.206 e. The van der Waals surface area contributed by atoms with Gasteiger partial charge in [0.1, 0.15) is 5.82 Å². The van der Waals surface area contributed by atoms with Crippen LogP contribution in [0.25, 0.3) is 0 Å². The summed E-state index contributed by atoms with van der Waals surface area (Å²) < 4.78 is 13.5. The molecule has 0 unspecified atom stereocenters. The average molecular weight is 216 g/mol. The summed E-state index contributed by atoms with van der Waals surface area (Å²) in [6, 6.07) is 5.12. The lowest BCUT2D eigenvalue weighted by Crippen LogP contribution is -2.11. The van der Waals surface area contributed by atoms with Gasteiger partial charge < -0.3 is 0 Å². The second kappa shape index (κ2) is 4.99. The molecule has 1 aromatic carbocycles. The first-order chi connectivity index (χ1) is 7.45. The highest BCUT2D eigenvalue weighted by Crippen LogP contribution is 2.23. The van der Waals surface area contributed by atoms with E-state index in [1.165, 1.54) is 6.07 Å². The Morgan fingerprint density at radius 1 is 1.38 bits per heavy atom. The quantitative estimate of drug-likeness (QED) is 0.490.